The number of hydrogen-bond acceptors (Lipinski definition) is 11. The molecule has 22 nitrogen and oxygen atoms in total. The lowest BCUT2D eigenvalue weighted by Crippen LogP contribution is -2.65. The summed E-state index contributed by atoms with van der Waals surface area (Å²) in [5, 5.41) is 10.5. The van der Waals surface area contributed by atoms with Crippen LogP contribution in [0.1, 0.15) is 196 Å². The number of carbonyl (C=O) groups is 11. The van der Waals surface area contributed by atoms with E-state index in [1.807, 2.05) is 20.8 Å². The number of alkyl halides is 7. The molecule has 1 spiro atoms. The van der Waals surface area contributed by atoms with Crippen LogP contribution in [0.4, 0.5) is 26.3 Å². The number of rotatable bonds is 10. The first-order valence-corrected chi connectivity index (χ1v) is 36.3. The molecule has 11 amide bonds. The van der Waals surface area contributed by atoms with Gasteiger partial charge in [0.05, 0.1) is 18.4 Å². The summed E-state index contributed by atoms with van der Waals surface area (Å²) >= 11 is 6.38. The Morgan fingerprint density at radius 1 is 0.571 bits per heavy atom. The molecule has 0 aromatic carbocycles. The van der Waals surface area contributed by atoms with Gasteiger partial charge in [-0.3, -0.25) is 52.7 Å². The molecule has 3 saturated heterocycles. The van der Waals surface area contributed by atoms with Crippen molar-refractivity contribution in [2.45, 2.75) is 273 Å². The second-order valence-electron chi connectivity index (χ2n) is 30.2. The molecule has 98 heavy (non-hydrogen) atoms. The summed E-state index contributed by atoms with van der Waals surface area (Å²) in [5.74, 6) is -12.3. The van der Waals surface area contributed by atoms with Gasteiger partial charge in [0.15, 0.2) is 0 Å². The van der Waals surface area contributed by atoms with Crippen LogP contribution < -0.4 is 21.3 Å². The minimum Gasteiger partial charge on any atom is -0.351 e. The van der Waals surface area contributed by atoms with Crippen molar-refractivity contribution in [3.63, 3.8) is 0 Å². The van der Waals surface area contributed by atoms with Crippen LogP contribution in [0.15, 0.2) is 0 Å². The van der Waals surface area contributed by atoms with Crippen LogP contribution in [0, 0.1) is 41.4 Å². The van der Waals surface area contributed by atoms with Crippen molar-refractivity contribution in [2.24, 2.45) is 41.4 Å². The first-order chi connectivity index (χ1) is 45.9. The van der Waals surface area contributed by atoms with E-state index in [2.05, 4.69) is 21.3 Å². The Labute approximate surface area is 578 Å². The number of nitrogens with zero attached hydrogens (tertiary/aromatic N) is 7. The Kier molecular flexibility index (Phi) is 27.3. The molecule has 7 aliphatic rings. The van der Waals surface area contributed by atoms with E-state index in [0.29, 0.717) is 38.5 Å². The molecule has 7 fully saturated rings. The first-order valence-electron chi connectivity index (χ1n) is 35.8. The molecule has 0 aromatic rings. The average Bonchev–Trinajstić information content (AvgIpc) is 1.40. The van der Waals surface area contributed by atoms with Gasteiger partial charge in [0.25, 0.3) is 0 Å². The monoisotopic (exact) mass is 1420 g/mol. The number of fused-ring (bicyclic) bond motifs is 2. The molecule has 4 aliphatic carbocycles. The molecule has 3 heterocycles. The summed E-state index contributed by atoms with van der Waals surface area (Å²) in [6, 6.07) is -10.7. The minimum atomic E-state index is -4.54. The fourth-order valence-corrected chi connectivity index (χ4v) is 16.7. The number of nitrogens with one attached hydrogen (secondary N) is 4. The molecule has 29 heteroatoms. The summed E-state index contributed by atoms with van der Waals surface area (Å²) in [6.45, 7) is 9.91. The number of carbonyl (C=O) groups excluding carboxylic acids is 11. The van der Waals surface area contributed by atoms with Gasteiger partial charge >= 0.3 is 12.4 Å². The van der Waals surface area contributed by atoms with Crippen molar-refractivity contribution in [1.29, 1.82) is 0 Å². The fourth-order valence-electron chi connectivity index (χ4n) is 16.2. The van der Waals surface area contributed by atoms with Crippen LogP contribution in [0.25, 0.3) is 0 Å². The van der Waals surface area contributed by atoms with Gasteiger partial charge in [-0.25, -0.2) is 0 Å². The summed E-state index contributed by atoms with van der Waals surface area (Å²) < 4.78 is 83.9. The van der Waals surface area contributed by atoms with Crippen LogP contribution in [0.3, 0.4) is 0 Å². The summed E-state index contributed by atoms with van der Waals surface area (Å²) in [5.41, 5.74) is -1.51. The van der Waals surface area contributed by atoms with E-state index in [-0.39, 0.29) is 128 Å². The summed E-state index contributed by atoms with van der Waals surface area (Å²) in [4.78, 5) is 171. The highest BCUT2D eigenvalue weighted by Gasteiger charge is 2.53. The molecule has 4 saturated carbocycles. The normalized spacial score (nSPS) is 32.8. The molecule has 13 atom stereocenters. The van der Waals surface area contributed by atoms with Crippen LogP contribution >= 0.6 is 11.6 Å². The van der Waals surface area contributed by atoms with Crippen LogP contribution in [0.2, 0.25) is 0 Å². The zero-order chi connectivity index (χ0) is 72.6. The lowest BCUT2D eigenvalue weighted by atomic mass is 9.78. The third kappa shape index (κ3) is 19.0. The van der Waals surface area contributed by atoms with Crippen molar-refractivity contribution < 1.29 is 79.1 Å². The quantitative estimate of drug-likeness (QED) is 0.127. The smallest absolute Gasteiger partial charge is 0.351 e. The molecular formula is C69H108ClF6N11O11. The third-order valence-corrected chi connectivity index (χ3v) is 23.3. The molecule has 3 aliphatic heterocycles. The van der Waals surface area contributed by atoms with E-state index in [1.54, 1.807) is 13.8 Å². The van der Waals surface area contributed by atoms with Gasteiger partial charge in [0.1, 0.15) is 53.9 Å². The van der Waals surface area contributed by atoms with Gasteiger partial charge in [0.2, 0.25) is 65.0 Å². The predicted molar refractivity (Wildman–Crippen MR) is 353 cm³/mol. The lowest BCUT2D eigenvalue weighted by Gasteiger charge is -2.44. The summed E-state index contributed by atoms with van der Waals surface area (Å²) in [7, 11) is 7.02. The van der Waals surface area contributed by atoms with Crippen LogP contribution in [-0.2, 0) is 52.7 Å². The Bertz CT molecular complexity index is 2870. The van der Waals surface area contributed by atoms with Crippen LogP contribution in [0.5, 0.6) is 0 Å². The third-order valence-electron chi connectivity index (χ3n) is 22.9. The SMILES string of the molecule is CC[C@H](C)[C@@H]1NC(=O)[C@H](CC(C)C)N(C)C(=O)C[C@@H](C)NC(=O)[C@H](C2CCCC2)N(C)C(=O)C2(CCCC2)NC(=O)[C@@H]2CCCN2C(=O)[C@H](CCC2CCC(C(F)(F)F)C(Cl)C2)NC(=O)[C@@H](C)N(C)C(=O)[C@H](CC2CCC(C(F)(F)F)CC2)N(C)C(=O)[C@@H]2CCN2C(=O)CN(C)C1=O. The van der Waals surface area contributed by atoms with Crippen LogP contribution in [-0.4, -0.2) is 232 Å². The second kappa shape index (κ2) is 33.7. The highest BCUT2D eigenvalue weighted by Crippen LogP contribution is 2.45. The molecule has 3 unspecified atom stereocenters. The molecule has 0 radical (unpaired) electrons. The molecule has 0 aromatic heterocycles. The van der Waals surface area contributed by atoms with Gasteiger partial charge in [-0.2, -0.15) is 26.3 Å². The van der Waals surface area contributed by atoms with Crippen molar-refractivity contribution in [3.8, 4) is 0 Å². The zero-order valence-electron chi connectivity index (χ0n) is 59.2. The minimum absolute atomic E-state index is 0.0367. The number of amides is 11. The fraction of sp³-hybridized carbons (Fsp3) is 0.841. The van der Waals surface area contributed by atoms with Gasteiger partial charge in [-0.05, 0) is 159 Å². The Morgan fingerprint density at radius 2 is 1.20 bits per heavy atom. The molecule has 0 bridgehead atoms. The van der Waals surface area contributed by atoms with Gasteiger partial charge in [0, 0.05) is 66.2 Å². The Balaban J connectivity index is 1.24. The molecular weight excluding hydrogens is 1310 g/mol. The van der Waals surface area contributed by atoms with Gasteiger partial charge < -0.3 is 55.6 Å². The van der Waals surface area contributed by atoms with Gasteiger partial charge in [-0.1, -0.05) is 59.8 Å². The van der Waals surface area contributed by atoms with E-state index in [4.69, 9.17) is 11.6 Å². The summed E-state index contributed by atoms with van der Waals surface area (Å²) in [6.07, 6.45) is -4.40. The maximum absolute atomic E-state index is 15.3. The maximum Gasteiger partial charge on any atom is 0.393 e. The maximum atomic E-state index is 15.3. The molecule has 7 rings (SSSR count). The molecule has 4 N–H and O–H groups in total. The largest absolute Gasteiger partial charge is 0.393 e. The van der Waals surface area contributed by atoms with Crippen molar-refractivity contribution in [2.75, 3.05) is 54.9 Å². The second-order valence-corrected chi connectivity index (χ2v) is 30.7. The van der Waals surface area contributed by atoms with E-state index in [9.17, 15) is 64.7 Å². The number of likely N-dealkylation sites (N-methyl/N-ethyl adjacent to an activating group) is 5. The highest BCUT2D eigenvalue weighted by atomic mass is 35.5. The van der Waals surface area contributed by atoms with E-state index in [1.165, 1.54) is 61.8 Å². The highest BCUT2D eigenvalue weighted by molar-refractivity contribution is 6.20. The van der Waals surface area contributed by atoms with E-state index in [0.717, 1.165) is 27.5 Å². The number of hydrogen-bond donors (Lipinski definition) is 4. The first kappa shape index (κ1) is 79.4. The van der Waals surface area contributed by atoms with E-state index >= 15 is 14.4 Å². The number of halogens is 7. The Hall–Kier alpha value is -5.96. The van der Waals surface area contributed by atoms with E-state index < -0.39 is 179 Å². The van der Waals surface area contributed by atoms with Crippen molar-refractivity contribution >= 4 is 76.6 Å². The Morgan fingerprint density at radius 3 is 1.78 bits per heavy atom. The van der Waals surface area contributed by atoms with Crippen molar-refractivity contribution in [1.82, 2.24) is 55.6 Å². The average molecular weight is 1420 g/mol. The standard InChI is InChI=1S/C69H108ClF6N11O11/c1-12-40(4)56-65(97)81(7)38-55(89)86-33-29-51(86)63(95)84(10)53(37-44-21-25-46(26-22-44)68(71,72)73)64(96)82(8)42(6)58(90)78-49(28-24-43-23-27-47(48(70)36-43)69(74,75)76)62(94)87-32-17-20-50(87)60(92)80-67(30-15-16-31-67)66(98)85(11)57(45-18-13-14-19-45)61(93)77-41(5)35-54(88)83(9)52(34-39(2)3)59(91)79-56/h39-53,56-57H,12-38H2,1-11H3,(H,77,93)(H,78,90)(H,79,91)(H,80,92)/t40-,41+,42+,43?,44?,46?,47?,48?,49-,50-,51-,52-,53-,56-,57-/m0/s1. The van der Waals surface area contributed by atoms with Gasteiger partial charge in [-0.15, -0.1) is 11.6 Å². The lowest BCUT2D eigenvalue weighted by molar-refractivity contribution is -0.184. The molecule has 554 valence electrons. The van der Waals surface area contributed by atoms with Crippen molar-refractivity contribution in [3.05, 3.63) is 0 Å². The predicted octanol–water partition coefficient (Wildman–Crippen LogP) is 7.08. The zero-order valence-corrected chi connectivity index (χ0v) is 59.9. The topological polar surface area (TPSA) is 259 Å².